The molecule has 0 saturated carbocycles. The van der Waals surface area contributed by atoms with Crippen molar-refractivity contribution < 1.29 is 30.0 Å². The van der Waals surface area contributed by atoms with Gasteiger partial charge in [-0.15, -0.1) is 0 Å². The number of hydrogen-bond acceptors (Lipinski definition) is 5. The summed E-state index contributed by atoms with van der Waals surface area (Å²) in [6.45, 7) is 2.10. The minimum absolute atomic E-state index is 0.106. The van der Waals surface area contributed by atoms with E-state index in [1.54, 1.807) is 0 Å². The van der Waals surface area contributed by atoms with Gasteiger partial charge in [0, 0.05) is 12.8 Å². The summed E-state index contributed by atoms with van der Waals surface area (Å²) in [5.41, 5.74) is 0. The standard InChI is InChI=1S/C22H34O6/c1-2-3-4-5-6-7-8-9-10-11-18(24)21-16-19(25)20(28-21)14-12-17(23)13-15-22(26)27/h3-4,6-7,9-10,12,14,17-21,23-25H,2,5,8,11,13,15-16H2,1H3,(H,26,27)/b4-3-,7-6-,10-9-,14-12+/t17-,18-,19+,20-,21+/m0/s1. The first-order chi connectivity index (χ1) is 13.4. The zero-order valence-electron chi connectivity index (χ0n) is 16.6. The molecule has 158 valence electrons. The van der Waals surface area contributed by atoms with Crippen molar-refractivity contribution in [2.24, 2.45) is 0 Å². The van der Waals surface area contributed by atoms with Crippen LogP contribution in [0.25, 0.3) is 0 Å². The van der Waals surface area contributed by atoms with Crippen molar-refractivity contribution in [2.45, 2.75) is 82.4 Å². The van der Waals surface area contributed by atoms with Crippen LogP contribution in [0.3, 0.4) is 0 Å². The van der Waals surface area contributed by atoms with Crippen LogP contribution in [0.1, 0.15) is 51.9 Å². The molecule has 5 atom stereocenters. The Balaban J connectivity index is 2.31. The molecule has 0 aromatic carbocycles. The van der Waals surface area contributed by atoms with Gasteiger partial charge >= 0.3 is 5.97 Å². The van der Waals surface area contributed by atoms with Gasteiger partial charge in [0.1, 0.15) is 6.10 Å². The van der Waals surface area contributed by atoms with E-state index >= 15 is 0 Å². The Labute approximate surface area is 167 Å². The number of ether oxygens (including phenoxy) is 1. The molecular formula is C22H34O6. The normalized spacial score (nSPS) is 25.5. The number of carbonyl (C=O) groups is 1. The summed E-state index contributed by atoms with van der Waals surface area (Å²) in [6, 6.07) is 0. The SMILES string of the molecule is CC/C=C\C/C=C\C/C=C\C[C@H](O)[C@H]1C[C@@H](O)[C@H](/C=C/[C@H](O)CCC(=O)O)O1. The molecule has 6 nitrogen and oxygen atoms in total. The zero-order chi connectivity index (χ0) is 20.8. The van der Waals surface area contributed by atoms with E-state index < -0.39 is 36.5 Å². The quantitative estimate of drug-likeness (QED) is 0.358. The zero-order valence-corrected chi connectivity index (χ0v) is 16.6. The Morgan fingerprint density at radius 1 is 1.11 bits per heavy atom. The van der Waals surface area contributed by atoms with E-state index in [9.17, 15) is 20.1 Å². The van der Waals surface area contributed by atoms with Gasteiger partial charge in [-0.3, -0.25) is 4.79 Å². The number of aliphatic hydroxyl groups is 3. The molecule has 0 aliphatic carbocycles. The first-order valence-electron chi connectivity index (χ1n) is 9.98. The first kappa shape index (κ1) is 24.3. The van der Waals surface area contributed by atoms with Gasteiger partial charge in [-0.2, -0.15) is 0 Å². The Hall–Kier alpha value is -1.73. The van der Waals surface area contributed by atoms with Crippen LogP contribution in [0.5, 0.6) is 0 Å². The third-order valence-corrected chi connectivity index (χ3v) is 4.45. The number of carboxylic acid groups (broad SMARTS) is 1. The summed E-state index contributed by atoms with van der Waals surface area (Å²) >= 11 is 0. The van der Waals surface area contributed by atoms with E-state index in [1.807, 2.05) is 12.2 Å². The minimum Gasteiger partial charge on any atom is -0.481 e. The van der Waals surface area contributed by atoms with E-state index in [0.717, 1.165) is 19.3 Å². The van der Waals surface area contributed by atoms with Crippen LogP contribution in [-0.2, 0) is 9.53 Å². The van der Waals surface area contributed by atoms with Crippen molar-refractivity contribution in [3.05, 3.63) is 48.6 Å². The summed E-state index contributed by atoms with van der Waals surface area (Å²) < 4.78 is 5.67. The largest absolute Gasteiger partial charge is 0.481 e. The molecule has 0 unspecified atom stereocenters. The second kappa shape index (κ2) is 14.3. The number of hydrogen-bond donors (Lipinski definition) is 4. The molecule has 1 saturated heterocycles. The van der Waals surface area contributed by atoms with Crippen LogP contribution in [0.15, 0.2) is 48.6 Å². The van der Waals surface area contributed by atoms with Gasteiger partial charge in [0.2, 0.25) is 0 Å². The Kier molecular flexibility index (Phi) is 12.4. The molecular weight excluding hydrogens is 360 g/mol. The summed E-state index contributed by atoms with van der Waals surface area (Å²) in [7, 11) is 0. The molecule has 28 heavy (non-hydrogen) atoms. The van der Waals surface area contributed by atoms with Crippen LogP contribution in [0.4, 0.5) is 0 Å². The highest BCUT2D eigenvalue weighted by Crippen LogP contribution is 2.25. The molecule has 0 aromatic rings. The van der Waals surface area contributed by atoms with E-state index in [2.05, 4.69) is 31.2 Å². The third kappa shape index (κ3) is 10.6. The fraction of sp³-hybridized carbons (Fsp3) is 0.591. The Bertz CT molecular complexity index is 551. The lowest BCUT2D eigenvalue weighted by molar-refractivity contribution is -0.137. The van der Waals surface area contributed by atoms with E-state index in [4.69, 9.17) is 9.84 Å². The molecule has 1 aliphatic rings. The monoisotopic (exact) mass is 394 g/mol. The average Bonchev–Trinajstić information content (AvgIpc) is 3.04. The van der Waals surface area contributed by atoms with Gasteiger partial charge in [0.05, 0.1) is 24.4 Å². The fourth-order valence-corrected chi connectivity index (χ4v) is 2.84. The predicted octanol–water partition coefficient (Wildman–Crippen LogP) is 2.90. The Morgan fingerprint density at radius 3 is 2.39 bits per heavy atom. The van der Waals surface area contributed by atoms with Gasteiger partial charge in [-0.25, -0.2) is 0 Å². The molecule has 0 spiro atoms. The van der Waals surface area contributed by atoms with E-state index in [-0.39, 0.29) is 12.8 Å². The van der Waals surface area contributed by atoms with Crippen LogP contribution in [0.2, 0.25) is 0 Å². The molecule has 0 bridgehead atoms. The molecule has 0 radical (unpaired) electrons. The number of carboxylic acids is 1. The number of aliphatic carboxylic acids is 1. The van der Waals surface area contributed by atoms with Gasteiger partial charge in [-0.1, -0.05) is 55.5 Å². The van der Waals surface area contributed by atoms with Gasteiger partial charge in [0.15, 0.2) is 0 Å². The lowest BCUT2D eigenvalue weighted by Crippen LogP contribution is -2.25. The summed E-state index contributed by atoms with van der Waals surface area (Å²) in [6.07, 6.45) is 15.4. The fourth-order valence-electron chi connectivity index (χ4n) is 2.84. The van der Waals surface area contributed by atoms with Crippen LogP contribution in [-0.4, -0.2) is 56.9 Å². The molecule has 1 aliphatic heterocycles. The van der Waals surface area contributed by atoms with Crippen molar-refractivity contribution in [1.29, 1.82) is 0 Å². The highest BCUT2D eigenvalue weighted by molar-refractivity contribution is 5.66. The Morgan fingerprint density at radius 2 is 1.75 bits per heavy atom. The van der Waals surface area contributed by atoms with E-state index in [0.29, 0.717) is 12.8 Å². The maximum absolute atomic E-state index is 10.5. The highest BCUT2D eigenvalue weighted by atomic mass is 16.5. The first-order valence-corrected chi connectivity index (χ1v) is 9.98. The summed E-state index contributed by atoms with van der Waals surface area (Å²) in [5, 5.41) is 38.6. The summed E-state index contributed by atoms with van der Waals surface area (Å²) in [4.78, 5) is 10.5. The molecule has 6 heteroatoms. The molecule has 1 rings (SSSR count). The maximum Gasteiger partial charge on any atom is 0.303 e. The topological polar surface area (TPSA) is 107 Å². The predicted molar refractivity (Wildman–Crippen MR) is 109 cm³/mol. The van der Waals surface area contributed by atoms with Crippen LogP contribution >= 0.6 is 0 Å². The smallest absolute Gasteiger partial charge is 0.303 e. The van der Waals surface area contributed by atoms with Gasteiger partial charge < -0.3 is 25.2 Å². The second-order valence-electron chi connectivity index (χ2n) is 6.92. The summed E-state index contributed by atoms with van der Waals surface area (Å²) in [5.74, 6) is -0.968. The van der Waals surface area contributed by atoms with E-state index in [1.165, 1.54) is 12.2 Å². The minimum atomic E-state index is -0.968. The lowest BCUT2D eigenvalue weighted by atomic mass is 10.0. The molecule has 1 heterocycles. The van der Waals surface area contributed by atoms with Gasteiger partial charge in [0.25, 0.3) is 0 Å². The van der Waals surface area contributed by atoms with Crippen molar-refractivity contribution >= 4 is 5.97 Å². The molecule has 4 N–H and O–H groups in total. The molecule has 0 aromatic heterocycles. The highest BCUT2D eigenvalue weighted by Gasteiger charge is 2.35. The van der Waals surface area contributed by atoms with Crippen molar-refractivity contribution in [3.8, 4) is 0 Å². The van der Waals surface area contributed by atoms with Crippen molar-refractivity contribution in [2.75, 3.05) is 0 Å². The number of rotatable bonds is 13. The second-order valence-corrected chi connectivity index (χ2v) is 6.92. The van der Waals surface area contributed by atoms with Crippen molar-refractivity contribution in [3.63, 3.8) is 0 Å². The van der Waals surface area contributed by atoms with Crippen LogP contribution in [0, 0.1) is 0 Å². The number of allylic oxidation sites excluding steroid dienone is 5. The third-order valence-electron chi connectivity index (χ3n) is 4.45. The average molecular weight is 395 g/mol. The number of aliphatic hydroxyl groups excluding tert-OH is 3. The molecule has 0 amide bonds. The van der Waals surface area contributed by atoms with Crippen molar-refractivity contribution in [1.82, 2.24) is 0 Å². The molecule has 1 fully saturated rings. The van der Waals surface area contributed by atoms with Gasteiger partial charge in [-0.05, 0) is 32.1 Å². The van der Waals surface area contributed by atoms with Crippen LogP contribution < -0.4 is 0 Å². The lowest BCUT2D eigenvalue weighted by Gasteiger charge is -2.16. The maximum atomic E-state index is 10.5.